The van der Waals surface area contributed by atoms with Crippen LogP contribution in [0.15, 0.2) is 40.5 Å². The van der Waals surface area contributed by atoms with Gasteiger partial charge in [-0.05, 0) is 17.2 Å². The smallest absolute Gasteiger partial charge is 0.304 e. The van der Waals surface area contributed by atoms with Crippen LogP contribution in [0.2, 0.25) is 0 Å². The van der Waals surface area contributed by atoms with E-state index in [0.29, 0.717) is 0 Å². The summed E-state index contributed by atoms with van der Waals surface area (Å²) in [6, 6.07) is 7.45. The van der Waals surface area contributed by atoms with Crippen LogP contribution in [0.5, 0.6) is 0 Å². The van der Waals surface area contributed by atoms with E-state index in [1.807, 2.05) is 24.3 Å². The molecule has 0 aliphatic carbocycles. The third-order valence-corrected chi connectivity index (χ3v) is 2.85. The molecule has 0 saturated heterocycles. The molecule has 86 valence electrons. The van der Waals surface area contributed by atoms with Crippen LogP contribution in [0.1, 0.15) is 5.56 Å². The van der Waals surface area contributed by atoms with Crippen molar-refractivity contribution in [3.05, 3.63) is 51.0 Å². The number of aromatic amines is 1. The van der Waals surface area contributed by atoms with Crippen LogP contribution < -0.4 is 10.6 Å². The van der Waals surface area contributed by atoms with Gasteiger partial charge in [0.05, 0.1) is 5.69 Å². The number of hydrogen-bond donors (Lipinski definition) is 2. The second-order valence-electron chi connectivity index (χ2n) is 3.42. The maximum Gasteiger partial charge on any atom is 0.304 e. The first-order valence-corrected chi connectivity index (χ1v) is 5.79. The fraction of sp³-hybridized carbons (Fsp3) is 0. The molecule has 0 saturated carbocycles. The summed E-state index contributed by atoms with van der Waals surface area (Å²) in [5.41, 5.74) is 7.61. The Bertz CT molecular complexity index is 608. The summed E-state index contributed by atoms with van der Waals surface area (Å²) in [5.74, 6) is -0.476. The zero-order valence-corrected chi connectivity index (χ0v) is 9.66. The number of carbonyl (C=O) groups excluding carboxylic acids is 1. The van der Waals surface area contributed by atoms with E-state index in [2.05, 4.69) is 4.98 Å². The van der Waals surface area contributed by atoms with Gasteiger partial charge in [-0.1, -0.05) is 35.6 Å². The van der Waals surface area contributed by atoms with Gasteiger partial charge in [0.1, 0.15) is 0 Å². The Hall–Kier alpha value is -2.14. The van der Waals surface area contributed by atoms with Crippen molar-refractivity contribution < 1.29 is 4.79 Å². The van der Waals surface area contributed by atoms with Gasteiger partial charge in [0.15, 0.2) is 0 Å². The zero-order chi connectivity index (χ0) is 12.3. The number of nitrogens with two attached hydrogens (primary N) is 1. The molecule has 4 nitrogen and oxygen atoms in total. The minimum Gasteiger partial charge on any atom is -0.366 e. The van der Waals surface area contributed by atoms with Gasteiger partial charge in [0.2, 0.25) is 5.91 Å². The molecule has 0 atom stereocenters. The second-order valence-corrected chi connectivity index (χ2v) is 4.26. The van der Waals surface area contributed by atoms with E-state index in [4.69, 9.17) is 5.73 Å². The molecule has 0 aliphatic heterocycles. The van der Waals surface area contributed by atoms with Crippen molar-refractivity contribution in [2.75, 3.05) is 0 Å². The molecule has 0 radical (unpaired) electrons. The Labute approximate surface area is 101 Å². The van der Waals surface area contributed by atoms with Gasteiger partial charge in [-0.15, -0.1) is 0 Å². The van der Waals surface area contributed by atoms with Gasteiger partial charge in [-0.2, -0.15) is 0 Å². The SMILES string of the molecule is NC(=O)C=Cc1ccc(-c2csc(=O)[nH]2)cc1. The largest absolute Gasteiger partial charge is 0.366 e. The number of amides is 1. The summed E-state index contributed by atoms with van der Waals surface area (Å²) >= 11 is 1.13. The van der Waals surface area contributed by atoms with Crippen LogP contribution in [-0.4, -0.2) is 10.9 Å². The van der Waals surface area contributed by atoms with E-state index in [-0.39, 0.29) is 4.87 Å². The van der Waals surface area contributed by atoms with Gasteiger partial charge in [0, 0.05) is 11.5 Å². The lowest BCUT2D eigenvalue weighted by Gasteiger charge is -1.98. The number of nitrogens with one attached hydrogen (secondary N) is 1. The lowest BCUT2D eigenvalue weighted by molar-refractivity contribution is -0.113. The summed E-state index contributed by atoms with van der Waals surface area (Å²) in [7, 11) is 0. The highest BCUT2D eigenvalue weighted by Crippen LogP contribution is 2.18. The lowest BCUT2D eigenvalue weighted by Crippen LogP contribution is -2.04. The summed E-state index contributed by atoms with van der Waals surface area (Å²) in [6.45, 7) is 0. The molecular weight excluding hydrogens is 236 g/mol. The Balaban J connectivity index is 2.24. The van der Waals surface area contributed by atoms with Gasteiger partial charge < -0.3 is 10.7 Å². The average Bonchev–Trinajstić information content (AvgIpc) is 2.74. The molecule has 0 spiro atoms. The van der Waals surface area contributed by atoms with E-state index < -0.39 is 5.91 Å². The van der Waals surface area contributed by atoms with Crippen molar-refractivity contribution in [2.24, 2.45) is 5.73 Å². The average molecular weight is 246 g/mol. The van der Waals surface area contributed by atoms with Crippen LogP contribution in [0.3, 0.4) is 0 Å². The monoisotopic (exact) mass is 246 g/mol. The molecular formula is C12H10N2O2S. The highest BCUT2D eigenvalue weighted by atomic mass is 32.1. The Morgan fingerprint density at radius 1 is 1.29 bits per heavy atom. The molecule has 0 fully saturated rings. The highest BCUT2D eigenvalue weighted by Gasteiger charge is 1.99. The molecule has 1 heterocycles. The number of aromatic nitrogens is 1. The van der Waals surface area contributed by atoms with Crippen LogP contribution >= 0.6 is 11.3 Å². The molecule has 1 amide bonds. The number of H-pyrrole nitrogens is 1. The Morgan fingerprint density at radius 3 is 2.53 bits per heavy atom. The fourth-order valence-corrected chi connectivity index (χ4v) is 1.96. The van der Waals surface area contributed by atoms with E-state index in [9.17, 15) is 9.59 Å². The van der Waals surface area contributed by atoms with Gasteiger partial charge in [-0.3, -0.25) is 9.59 Å². The fourth-order valence-electron chi connectivity index (χ4n) is 1.37. The number of hydrogen-bond acceptors (Lipinski definition) is 3. The van der Waals surface area contributed by atoms with Crippen molar-refractivity contribution in [3.63, 3.8) is 0 Å². The summed E-state index contributed by atoms with van der Waals surface area (Å²) in [5, 5.41) is 1.77. The van der Waals surface area contributed by atoms with Gasteiger partial charge in [0.25, 0.3) is 0 Å². The molecule has 2 rings (SSSR count). The molecule has 5 heteroatoms. The maximum absolute atomic E-state index is 11.0. The third-order valence-electron chi connectivity index (χ3n) is 2.18. The summed E-state index contributed by atoms with van der Waals surface area (Å²) in [6.07, 6.45) is 2.95. The number of carbonyl (C=O) groups is 1. The molecule has 0 aliphatic rings. The van der Waals surface area contributed by atoms with Crippen molar-refractivity contribution in [1.29, 1.82) is 0 Å². The predicted octanol–water partition coefficient (Wildman–Crippen LogP) is 1.60. The highest BCUT2D eigenvalue weighted by molar-refractivity contribution is 7.07. The van der Waals surface area contributed by atoms with E-state index in [1.165, 1.54) is 6.08 Å². The van der Waals surface area contributed by atoms with Crippen molar-refractivity contribution in [3.8, 4) is 11.3 Å². The first-order chi connectivity index (χ1) is 8.15. The van der Waals surface area contributed by atoms with Crippen LogP contribution in [0, 0.1) is 0 Å². The van der Waals surface area contributed by atoms with Gasteiger partial charge in [-0.25, -0.2) is 0 Å². The topological polar surface area (TPSA) is 76.0 Å². The van der Waals surface area contributed by atoms with Crippen LogP contribution in [0.25, 0.3) is 17.3 Å². The van der Waals surface area contributed by atoms with Crippen LogP contribution in [0.4, 0.5) is 0 Å². The molecule has 0 unspecified atom stereocenters. The molecule has 2 aromatic rings. The number of rotatable bonds is 3. The zero-order valence-electron chi connectivity index (χ0n) is 8.84. The number of thiazole rings is 1. The first-order valence-electron chi connectivity index (χ1n) is 4.91. The second kappa shape index (κ2) is 4.80. The standard InChI is InChI=1S/C12H10N2O2S/c13-11(15)6-3-8-1-4-9(5-2-8)10-7-17-12(16)14-10/h1-7H,(H2,13,15)(H,14,16). The van der Waals surface area contributed by atoms with E-state index in [0.717, 1.165) is 28.2 Å². The van der Waals surface area contributed by atoms with E-state index in [1.54, 1.807) is 11.5 Å². The quantitative estimate of drug-likeness (QED) is 0.807. The van der Waals surface area contributed by atoms with E-state index >= 15 is 0 Å². The number of primary amides is 1. The summed E-state index contributed by atoms with van der Waals surface area (Å²) < 4.78 is 0. The van der Waals surface area contributed by atoms with Crippen molar-refractivity contribution >= 4 is 23.3 Å². The van der Waals surface area contributed by atoms with Gasteiger partial charge >= 0.3 is 4.87 Å². The van der Waals surface area contributed by atoms with Crippen molar-refractivity contribution in [1.82, 2.24) is 4.98 Å². The molecule has 3 N–H and O–H groups in total. The molecule has 0 bridgehead atoms. The minimum atomic E-state index is -0.476. The normalized spacial score (nSPS) is 10.8. The number of benzene rings is 1. The van der Waals surface area contributed by atoms with Crippen molar-refractivity contribution in [2.45, 2.75) is 0 Å². The first kappa shape index (κ1) is 11.3. The summed E-state index contributed by atoms with van der Waals surface area (Å²) in [4.78, 5) is 24.2. The predicted molar refractivity (Wildman–Crippen MR) is 68.6 cm³/mol. The van der Waals surface area contributed by atoms with Crippen LogP contribution in [-0.2, 0) is 4.79 Å². The molecule has 17 heavy (non-hydrogen) atoms. The Kier molecular flexibility index (Phi) is 3.20. The maximum atomic E-state index is 11.0. The third kappa shape index (κ3) is 2.92. The molecule has 1 aromatic carbocycles. The minimum absolute atomic E-state index is 0.0716. The molecule has 1 aromatic heterocycles. The lowest BCUT2D eigenvalue weighted by atomic mass is 10.1. The Morgan fingerprint density at radius 2 is 2.00 bits per heavy atom.